The molecule has 2 unspecified atom stereocenters. The number of piperidine rings is 1. The SMILES string of the molecule is CC1(C)CC1CON1CCCC(O)C1. The Morgan fingerprint density at radius 1 is 1.50 bits per heavy atom. The summed E-state index contributed by atoms with van der Waals surface area (Å²) >= 11 is 0. The Morgan fingerprint density at radius 3 is 2.79 bits per heavy atom. The van der Waals surface area contributed by atoms with Gasteiger partial charge in [-0.2, -0.15) is 5.06 Å². The van der Waals surface area contributed by atoms with Gasteiger partial charge in [-0.05, 0) is 30.6 Å². The zero-order valence-electron chi connectivity index (χ0n) is 9.20. The van der Waals surface area contributed by atoms with Crippen LogP contribution in [-0.2, 0) is 4.84 Å². The minimum absolute atomic E-state index is 0.184. The molecule has 0 amide bonds. The second-order valence-electron chi connectivity index (χ2n) is 5.37. The molecule has 14 heavy (non-hydrogen) atoms. The molecule has 3 heteroatoms. The van der Waals surface area contributed by atoms with Crippen LogP contribution >= 0.6 is 0 Å². The van der Waals surface area contributed by atoms with E-state index < -0.39 is 0 Å². The average molecular weight is 199 g/mol. The lowest BCUT2D eigenvalue weighted by Crippen LogP contribution is -2.38. The normalized spacial score (nSPS) is 37.1. The van der Waals surface area contributed by atoms with E-state index in [1.807, 2.05) is 5.06 Å². The van der Waals surface area contributed by atoms with E-state index in [-0.39, 0.29) is 6.10 Å². The maximum absolute atomic E-state index is 9.44. The lowest BCUT2D eigenvalue weighted by Gasteiger charge is -2.29. The van der Waals surface area contributed by atoms with Gasteiger partial charge in [0.15, 0.2) is 0 Å². The largest absolute Gasteiger partial charge is 0.392 e. The molecule has 0 aromatic carbocycles. The molecule has 2 aliphatic rings. The molecule has 1 aliphatic carbocycles. The van der Waals surface area contributed by atoms with E-state index in [4.69, 9.17) is 4.84 Å². The van der Waals surface area contributed by atoms with Gasteiger partial charge in [-0.25, -0.2) is 0 Å². The third kappa shape index (κ3) is 2.47. The zero-order chi connectivity index (χ0) is 10.2. The van der Waals surface area contributed by atoms with Crippen LogP contribution in [0.3, 0.4) is 0 Å². The van der Waals surface area contributed by atoms with Gasteiger partial charge in [0.25, 0.3) is 0 Å². The highest BCUT2D eigenvalue weighted by atomic mass is 16.7. The van der Waals surface area contributed by atoms with E-state index in [9.17, 15) is 5.11 Å². The van der Waals surface area contributed by atoms with Gasteiger partial charge in [-0.1, -0.05) is 13.8 Å². The van der Waals surface area contributed by atoms with Gasteiger partial charge in [0.05, 0.1) is 19.3 Å². The predicted molar refractivity (Wildman–Crippen MR) is 54.7 cm³/mol. The van der Waals surface area contributed by atoms with Gasteiger partial charge in [-0.3, -0.25) is 4.84 Å². The van der Waals surface area contributed by atoms with Crippen LogP contribution in [-0.4, -0.2) is 36.0 Å². The van der Waals surface area contributed by atoms with Crippen LogP contribution in [0, 0.1) is 11.3 Å². The minimum Gasteiger partial charge on any atom is -0.392 e. The van der Waals surface area contributed by atoms with Crippen molar-refractivity contribution in [1.29, 1.82) is 0 Å². The maximum atomic E-state index is 9.44. The average Bonchev–Trinajstić information content (AvgIpc) is 2.71. The van der Waals surface area contributed by atoms with E-state index >= 15 is 0 Å². The van der Waals surface area contributed by atoms with E-state index in [1.165, 1.54) is 6.42 Å². The number of hydroxylamine groups is 2. The summed E-state index contributed by atoms with van der Waals surface area (Å²) < 4.78 is 0. The number of β-amino-alcohol motifs (C(OH)–C–C–N with tert-alkyl or cyclic N) is 1. The standard InChI is InChI=1S/C11H21NO2/c1-11(2)6-9(11)8-14-12-5-3-4-10(13)7-12/h9-10,13H,3-8H2,1-2H3. The molecule has 2 fully saturated rings. The minimum atomic E-state index is -0.184. The monoisotopic (exact) mass is 199 g/mol. The summed E-state index contributed by atoms with van der Waals surface area (Å²) in [6.45, 7) is 7.06. The zero-order valence-corrected chi connectivity index (χ0v) is 9.20. The van der Waals surface area contributed by atoms with Crippen LogP contribution in [0.15, 0.2) is 0 Å². The molecule has 1 saturated carbocycles. The third-order valence-electron chi connectivity index (χ3n) is 3.54. The topological polar surface area (TPSA) is 32.7 Å². The molecule has 3 nitrogen and oxygen atoms in total. The lowest BCUT2D eigenvalue weighted by molar-refractivity contribution is -0.191. The van der Waals surface area contributed by atoms with E-state index in [0.29, 0.717) is 12.0 Å². The molecule has 1 N–H and O–H groups in total. The second kappa shape index (κ2) is 3.80. The first-order chi connectivity index (χ1) is 6.58. The van der Waals surface area contributed by atoms with Crippen LogP contribution in [0.5, 0.6) is 0 Å². The number of nitrogens with zero attached hydrogens (tertiary/aromatic N) is 1. The summed E-state index contributed by atoms with van der Waals surface area (Å²) in [4.78, 5) is 5.69. The molecular formula is C11H21NO2. The van der Waals surface area contributed by atoms with Gasteiger partial charge in [0.1, 0.15) is 0 Å². The fourth-order valence-electron chi connectivity index (χ4n) is 2.09. The molecule has 0 spiro atoms. The Bertz CT molecular complexity index is 205. The summed E-state index contributed by atoms with van der Waals surface area (Å²) in [5, 5.41) is 11.4. The predicted octanol–water partition coefficient (Wildman–Crippen LogP) is 1.42. The molecule has 82 valence electrons. The fourth-order valence-corrected chi connectivity index (χ4v) is 2.09. The van der Waals surface area contributed by atoms with Gasteiger partial charge in [-0.15, -0.1) is 0 Å². The summed E-state index contributed by atoms with van der Waals surface area (Å²) in [7, 11) is 0. The van der Waals surface area contributed by atoms with Crippen LogP contribution < -0.4 is 0 Å². The van der Waals surface area contributed by atoms with Crippen molar-refractivity contribution >= 4 is 0 Å². The van der Waals surface area contributed by atoms with Crippen molar-refractivity contribution in [3.8, 4) is 0 Å². The number of hydrogen-bond acceptors (Lipinski definition) is 3. The van der Waals surface area contributed by atoms with E-state index in [2.05, 4.69) is 13.8 Å². The smallest absolute Gasteiger partial charge is 0.0718 e. The Labute approximate surface area is 86.0 Å². The Hall–Kier alpha value is -0.120. The van der Waals surface area contributed by atoms with Crippen LogP contribution in [0.4, 0.5) is 0 Å². The first-order valence-electron chi connectivity index (χ1n) is 5.64. The molecule has 1 aliphatic heterocycles. The van der Waals surface area contributed by atoms with E-state index in [0.717, 1.165) is 31.9 Å². The highest BCUT2D eigenvalue weighted by molar-refractivity contribution is 4.94. The first kappa shape index (κ1) is 10.4. The Kier molecular flexibility index (Phi) is 2.82. The van der Waals surface area contributed by atoms with Crippen molar-refractivity contribution in [1.82, 2.24) is 5.06 Å². The maximum Gasteiger partial charge on any atom is 0.0718 e. The molecule has 2 rings (SSSR count). The van der Waals surface area contributed by atoms with Crippen molar-refractivity contribution in [2.45, 2.75) is 39.2 Å². The van der Waals surface area contributed by atoms with Crippen LogP contribution in [0.25, 0.3) is 0 Å². The molecular weight excluding hydrogens is 178 g/mol. The van der Waals surface area contributed by atoms with Gasteiger partial charge >= 0.3 is 0 Å². The third-order valence-corrected chi connectivity index (χ3v) is 3.54. The summed E-state index contributed by atoms with van der Waals surface area (Å²) in [5.41, 5.74) is 0.494. The Morgan fingerprint density at radius 2 is 2.21 bits per heavy atom. The summed E-state index contributed by atoms with van der Waals surface area (Å²) in [5.74, 6) is 0.724. The molecule has 0 aromatic rings. The van der Waals surface area contributed by atoms with Crippen molar-refractivity contribution in [3.63, 3.8) is 0 Å². The molecule has 1 saturated heterocycles. The Balaban J connectivity index is 1.66. The van der Waals surface area contributed by atoms with Gasteiger partial charge in [0.2, 0.25) is 0 Å². The van der Waals surface area contributed by atoms with Crippen molar-refractivity contribution in [2.75, 3.05) is 19.7 Å². The number of hydrogen-bond donors (Lipinski definition) is 1. The number of aliphatic hydroxyl groups excluding tert-OH is 1. The highest BCUT2D eigenvalue weighted by Gasteiger charge is 2.45. The van der Waals surface area contributed by atoms with E-state index in [1.54, 1.807) is 0 Å². The lowest BCUT2D eigenvalue weighted by atomic mass is 10.1. The molecule has 0 aromatic heterocycles. The second-order valence-corrected chi connectivity index (χ2v) is 5.37. The van der Waals surface area contributed by atoms with Crippen molar-refractivity contribution in [3.05, 3.63) is 0 Å². The molecule has 1 heterocycles. The number of rotatable bonds is 3. The van der Waals surface area contributed by atoms with Gasteiger partial charge in [0, 0.05) is 6.54 Å². The first-order valence-corrected chi connectivity index (χ1v) is 5.64. The number of aliphatic hydroxyl groups is 1. The quantitative estimate of drug-likeness (QED) is 0.746. The summed E-state index contributed by atoms with van der Waals surface area (Å²) in [6.07, 6.45) is 3.07. The van der Waals surface area contributed by atoms with Crippen LogP contribution in [0.2, 0.25) is 0 Å². The van der Waals surface area contributed by atoms with Crippen molar-refractivity contribution < 1.29 is 9.94 Å². The van der Waals surface area contributed by atoms with Crippen molar-refractivity contribution in [2.24, 2.45) is 11.3 Å². The molecule has 0 bridgehead atoms. The van der Waals surface area contributed by atoms with Crippen LogP contribution in [0.1, 0.15) is 33.1 Å². The molecule has 0 radical (unpaired) electrons. The fraction of sp³-hybridized carbons (Fsp3) is 1.00. The highest BCUT2D eigenvalue weighted by Crippen LogP contribution is 2.51. The molecule has 2 atom stereocenters. The van der Waals surface area contributed by atoms with Gasteiger partial charge < -0.3 is 5.11 Å². The summed E-state index contributed by atoms with van der Waals surface area (Å²) in [6, 6.07) is 0.